The molecule has 0 aromatic rings. The molecule has 0 radical (unpaired) electrons. The van der Waals surface area contributed by atoms with Gasteiger partial charge >= 0.3 is 0 Å². The van der Waals surface area contributed by atoms with E-state index in [4.69, 9.17) is 0 Å². The Labute approximate surface area is 108 Å². The third-order valence-corrected chi connectivity index (χ3v) is 5.36. The second-order valence-corrected chi connectivity index (χ2v) is 6.48. The fourth-order valence-corrected chi connectivity index (χ4v) is 3.80. The summed E-state index contributed by atoms with van der Waals surface area (Å²) < 4.78 is 0. The Kier molecular flexibility index (Phi) is 3.01. The predicted molar refractivity (Wildman–Crippen MR) is 69.0 cm³/mol. The fraction of sp³-hybridized carbons (Fsp3) is 0.733. The number of hydrogen-bond acceptors (Lipinski definition) is 3. The topological polar surface area (TPSA) is 54.4 Å². The molecule has 3 atom stereocenters. The number of allylic oxidation sites excluding steroid dienone is 2. The number of ketones is 2. The maximum Gasteiger partial charge on any atom is 0.163 e. The summed E-state index contributed by atoms with van der Waals surface area (Å²) in [6.07, 6.45) is 2.73. The van der Waals surface area contributed by atoms with E-state index in [2.05, 4.69) is 0 Å². The maximum atomic E-state index is 12.6. The summed E-state index contributed by atoms with van der Waals surface area (Å²) in [6, 6.07) is 0. The first-order chi connectivity index (χ1) is 8.23. The molecule has 0 aromatic carbocycles. The highest BCUT2D eigenvalue weighted by Crippen LogP contribution is 2.57. The Balaban J connectivity index is 2.57. The minimum absolute atomic E-state index is 0.0239. The molecule has 0 amide bonds. The molecule has 1 spiro atoms. The number of aliphatic hydroxyl groups is 1. The molecule has 1 N–H and O–H groups in total. The van der Waals surface area contributed by atoms with Crippen LogP contribution in [0.3, 0.4) is 0 Å². The average Bonchev–Trinajstić information content (AvgIpc) is 2.28. The number of Topliss-reactive ketones (excluding diaryl/α,β-unsaturated/α-hetero) is 1. The van der Waals surface area contributed by atoms with E-state index >= 15 is 0 Å². The Morgan fingerprint density at radius 3 is 2.50 bits per heavy atom. The van der Waals surface area contributed by atoms with Crippen LogP contribution in [0.4, 0.5) is 0 Å². The van der Waals surface area contributed by atoms with Gasteiger partial charge in [-0.3, -0.25) is 9.59 Å². The third-order valence-electron chi connectivity index (χ3n) is 5.36. The van der Waals surface area contributed by atoms with E-state index in [1.54, 1.807) is 6.92 Å². The van der Waals surface area contributed by atoms with Crippen molar-refractivity contribution in [3.63, 3.8) is 0 Å². The Morgan fingerprint density at radius 2 is 1.89 bits per heavy atom. The molecule has 0 bridgehead atoms. The van der Waals surface area contributed by atoms with Gasteiger partial charge in [0.1, 0.15) is 0 Å². The van der Waals surface area contributed by atoms with Gasteiger partial charge in [0.15, 0.2) is 11.6 Å². The monoisotopic (exact) mass is 250 g/mol. The highest BCUT2D eigenvalue weighted by atomic mass is 16.3. The summed E-state index contributed by atoms with van der Waals surface area (Å²) in [5, 5.41) is 10.3. The van der Waals surface area contributed by atoms with E-state index in [1.165, 1.54) is 6.08 Å². The van der Waals surface area contributed by atoms with Gasteiger partial charge in [0.2, 0.25) is 0 Å². The van der Waals surface area contributed by atoms with Crippen LogP contribution in [-0.4, -0.2) is 22.8 Å². The van der Waals surface area contributed by atoms with Crippen molar-refractivity contribution in [3.05, 3.63) is 11.6 Å². The second-order valence-electron chi connectivity index (χ2n) is 6.48. The van der Waals surface area contributed by atoms with E-state index in [9.17, 15) is 14.7 Å². The lowest BCUT2D eigenvalue weighted by molar-refractivity contribution is -0.163. The normalized spacial score (nSPS) is 39.9. The van der Waals surface area contributed by atoms with Crippen molar-refractivity contribution in [2.75, 3.05) is 0 Å². The van der Waals surface area contributed by atoms with Crippen LogP contribution in [0, 0.1) is 16.7 Å². The van der Waals surface area contributed by atoms with Gasteiger partial charge in [0.05, 0.1) is 11.5 Å². The molecular formula is C15H22O3. The smallest absolute Gasteiger partial charge is 0.163 e. The molecule has 0 aromatic heterocycles. The molecule has 0 aliphatic heterocycles. The molecule has 1 saturated carbocycles. The van der Waals surface area contributed by atoms with E-state index in [0.717, 1.165) is 6.42 Å². The molecule has 3 nitrogen and oxygen atoms in total. The van der Waals surface area contributed by atoms with Crippen molar-refractivity contribution in [3.8, 4) is 0 Å². The zero-order valence-electron chi connectivity index (χ0n) is 11.6. The maximum absolute atomic E-state index is 12.6. The summed E-state index contributed by atoms with van der Waals surface area (Å²) in [4.78, 5) is 24.6. The number of aliphatic hydroxyl groups excluding tert-OH is 1. The van der Waals surface area contributed by atoms with E-state index in [0.29, 0.717) is 12.0 Å². The van der Waals surface area contributed by atoms with Gasteiger partial charge < -0.3 is 5.11 Å². The SMILES string of the molecule is CC1=CC(=O)[C@@]2(CC1=O)[C@H](C)CC[C@@H](O)C2(C)C. The van der Waals surface area contributed by atoms with Crippen LogP contribution in [-0.2, 0) is 9.59 Å². The van der Waals surface area contributed by atoms with Crippen molar-refractivity contribution < 1.29 is 14.7 Å². The van der Waals surface area contributed by atoms with Crippen LogP contribution < -0.4 is 0 Å². The van der Waals surface area contributed by atoms with Crippen LogP contribution in [0.15, 0.2) is 11.6 Å². The first kappa shape index (κ1) is 13.5. The van der Waals surface area contributed by atoms with E-state index < -0.39 is 16.9 Å². The highest BCUT2D eigenvalue weighted by Gasteiger charge is 2.60. The van der Waals surface area contributed by atoms with E-state index in [-0.39, 0.29) is 23.9 Å². The van der Waals surface area contributed by atoms with Gasteiger partial charge in [-0.2, -0.15) is 0 Å². The van der Waals surface area contributed by atoms with Crippen LogP contribution in [0.5, 0.6) is 0 Å². The van der Waals surface area contributed by atoms with Gasteiger partial charge in [-0.15, -0.1) is 0 Å². The minimum Gasteiger partial charge on any atom is -0.393 e. The molecule has 2 rings (SSSR count). The molecule has 0 heterocycles. The minimum atomic E-state index is -0.721. The van der Waals surface area contributed by atoms with Crippen molar-refractivity contribution in [2.24, 2.45) is 16.7 Å². The zero-order chi connectivity index (χ0) is 13.7. The number of hydrogen-bond donors (Lipinski definition) is 1. The molecule has 18 heavy (non-hydrogen) atoms. The van der Waals surface area contributed by atoms with Crippen molar-refractivity contribution in [1.29, 1.82) is 0 Å². The van der Waals surface area contributed by atoms with Gasteiger partial charge in [0, 0.05) is 11.8 Å². The lowest BCUT2D eigenvalue weighted by Crippen LogP contribution is -2.59. The molecule has 2 aliphatic rings. The first-order valence-electron chi connectivity index (χ1n) is 6.67. The zero-order valence-corrected chi connectivity index (χ0v) is 11.6. The van der Waals surface area contributed by atoms with Gasteiger partial charge in [0.25, 0.3) is 0 Å². The lowest BCUT2D eigenvalue weighted by atomic mass is 9.47. The molecule has 3 heteroatoms. The Bertz CT molecular complexity index is 433. The molecule has 0 unspecified atom stereocenters. The van der Waals surface area contributed by atoms with Gasteiger partial charge in [-0.25, -0.2) is 0 Å². The summed E-state index contributed by atoms with van der Waals surface area (Å²) >= 11 is 0. The Morgan fingerprint density at radius 1 is 1.28 bits per heavy atom. The number of rotatable bonds is 0. The highest BCUT2D eigenvalue weighted by molar-refractivity contribution is 6.11. The molecule has 100 valence electrons. The quantitative estimate of drug-likeness (QED) is 0.717. The summed E-state index contributed by atoms with van der Waals surface area (Å²) in [7, 11) is 0. The third kappa shape index (κ3) is 1.53. The summed E-state index contributed by atoms with van der Waals surface area (Å²) in [6.45, 7) is 7.58. The largest absolute Gasteiger partial charge is 0.393 e. The van der Waals surface area contributed by atoms with Crippen molar-refractivity contribution in [1.82, 2.24) is 0 Å². The standard InChI is InChI=1S/C15H22O3/c1-9-7-13(18)15(8-11(9)16)10(2)5-6-12(17)14(15,3)4/h7,10,12,17H,5-6,8H2,1-4H3/t10-,12-,15-/m1/s1. The summed E-state index contributed by atoms with van der Waals surface area (Å²) in [5.74, 6) is 0.205. The van der Waals surface area contributed by atoms with Crippen LogP contribution >= 0.6 is 0 Å². The number of carbonyl (C=O) groups excluding carboxylic acids is 2. The lowest BCUT2D eigenvalue weighted by Gasteiger charge is -2.55. The van der Waals surface area contributed by atoms with Gasteiger partial charge in [-0.05, 0) is 37.3 Å². The van der Waals surface area contributed by atoms with Crippen LogP contribution in [0.2, 0.25) is 0 Å². The Hall–Kier alpha value is -0.960. The van der Waals surface area contributed by atoms with Crippen LogP contribution in [0.25, 0.3) is 0 Å². The summed E-state index contributed by atoms with van der Waals surface area (Å²) in [5.41, 5.74) is -0.718. The first-order valence-corrected chi connectivity index (χ1v) is 6.67. The molecule has 0 saturated heterocycles. The van der Waals surface area contributed by atoms with E-state index in [1.807, 2.05) is 20.8 Å². The van der Waals surface area contributed by atoms with Gasteiger partial charge in [-0.1, -0.05) is 20.8 Å². The second kappa shape index (κ2) is 4.02. The van der Waals surface area contributed by atoms with Crippen molar-refractivity contribution in [2.45, 2.75) is 53.1 Å². The molecule has 1 fully saturated rings. The van der Waals surface area contributed by atoms with Crippen molar-refractivity contribution >= 4 is 11.6 Å². The van der Waals surface area contributed by atoms with Crippen LogP contribution in [0.1, 0.15) is 47.0 Å². The predicted octanol–water partition coefficient (Wildman–Crippen LogP) is 2.28. The molecular weight excluding hydrogens is 228 g/mol. The fourth-order valence-electron chi connectivity index (χ4n) is 3.80. The molecule has 2 aliphatic carbocycles. The number of carbonyl (C=O) groups is 2. The average molecular weight is 250 g/mol.